The molecule has 0 radical (unpaired) electrons. The summed E-state index contributed by atoms with van der Waals surface area (Å²) in [5.74, 6) is 0. The zero-order valence-corrected chi connectivity index (χ0v) is 7.34. The van der Waals surface area contributed by atoms with Crippen LogP contribution in [0.15, 0.2) is 6.20 Å². The van der Waals surface area contributed by atoms with Gasteiger partial charge in [-0.1, -0.05) is 18.5 Å². The Kier molecular flexibility index (Phi) is 2.52. The molecule has 0 aliphatic heterocycles. The first-order valence-electron chi connectivity index (χ1n) is 3.52. The van der Waals surface area contributed by atoms with E-state index in [9.17, 15) is 5.11 Å². The Labute approximate surface area is 70.6 Å². The zero-order chi connectivity index (χ0) is 8.43. The number of hydrogen-bond acceptors (Lipinski definition) is 2. The molecule has 4 heteroatoms. The average molecular weight is 175 g/mol. The van der Waals surface area contributed by atoms with Crippen LogP contribution in [0.25, 0.3) is 0 Å². The fourth-order valence-electron chi connectivity index (χ4n) is 0.988. The maximum absolute atomic E-state index is 9.43. The summed E-state index contributed by atoms with van der Waals surface area (Å²) < 4.78 is 1.59. The summed E-state index contributed by atoms with van der Waals surface area (Å²) in [5.41, 5.74) is 0.689. The van der Waals surface area contributed by atoms with Crippen LogP contribution >= 0.6 is 11.6 Å². The van der Waals surface area contributed by atoms with Crippen LogP contribution < -0.4 is 0 Å². The van der Waals surface area contributed by atoms with Crippen molar-refractivity contribution < 1.29 is 5.11 Å². The van der Waals surface area contributed by atoms with E-state index in [0.29, 0.717) is 17.1 Å². The molecule has 0 spiro atoms. The smallest absolute Gasteiger partial charge is 0.0969 e. The van der Waals surface area contributed by atoms with E-state index in [0.717, 1.165) is 0 Å². The van der Waals surface area contributed by atoms with Crippen LogP contribution in [0.5, 0.6) is 0 Å². The molecule has 1 unspecified atom stereocenters. The third kappa shape index (κ3) is 1.54. The number of rotatable bonds is 2. The number of nitrogens with zero attached hydrogens (tertiary/aromatic N) is 2. The summed E-state index contributed by atoms with van der Waals surface area (Å²) in [7, 11) is 1.76. The number of halogens is 1. The van der Waals surface area contributed by atoms with Crippen LogP contribution in [0.3, 0.4) is 0 Å². The Morgan fingerprint density at radius 1 is 1.82 bits per heavy atom. The molecule has 1 heterocycles. The SMILES string of the molecule is CCC(O)c1c(Cl)cnn1C. The van der Waals surface area contributed by atoms with Crippen molar-refractivity contribution in [3.05, 3.63) is 16.9 Å². The van der Waals surface area contributed by atoms with Gasteiger partial charge < -0.3 is 5.11 Å². The number of aliphatic hydroxyl groups is 1. The molecule has 1 aromatic rings. The van der Waals surface area contributed by atoms with Crippen molar-refractivity contribution >= 4 is 11.6 Å². The normalized spacial score (nSPS) is 13.5. The van der Waals surface area contributed by atoms with Crippen molar-refractivity contribution in [1.82, 2.24) is 9.78 Å². The first-order valence-corrected chi connectivity index (χ1v) is 3.90. The minimum atomic E-state index is -0.505. The van der Waals surface area contributed by atoms with Gasteiger partial charge in [-0.25, -0.2) is 0 Å². The molecule has 0 saturated carbocycles. The van der Waals surface area contributed by atoms with Gasteiger partial charge in [-0.2, -0.15) is 5.10 Å². The van der Waals surface area contributed by atoms with E-state index in [1.807, 2.05) is 6.92 Å². The molecule has 1 rings (SSSR count). The maximum Gasteiger partial charge on any atom is 0.0969 e. The largest absolute Gasteiger partial charge is 0.387 e. The summed E-state index contributed by atoms with van der Waals surface area (Å²) in [6.07, 6.45) is 1.68. The highest BCUT2D eigenvalue weighted by Gasteiger charge is 2.13. The predicted molar refractivity (Wildman–Crippen MR) is 43.5 cm³/mol. The number of aryl methyl sites for hydroxylation is 1. The van der Waals surface area contributed by atoms with Gasteiger partial charge in [-0.05, 0) is 6.42 Å². The highest BCUT2D eigenvalue weighted by Crippen LogP contribution is 2.23. The monoisotopic (exact) mass is 174 g/mol. The lowest BCUT2D eigenvalue weighted by molar-refractivity contribution is 0.164. The van der Waals surface area contributed by atoms with Crippen molar-refractivity contribution in [3.8, 4) is 0 Å². The summed E-state index contributed by atoms with van der Waals surface area (Å²) in [4.78, 5) is 0. The highest BCUT2D eigenvalue weighted by atomic mass is 35.5. The Morgan fingerprint density at radius 3 is 2.82 bits per heavy atom. The van der Waals surface area contributed by atoms with Crippen molar-refractivity contribution in [2.75, 3.05) is 0 Å². The topological polar surface area (TPSA) is 38.1 Å². The lowest BCUT2D eigenvalue weighted by Gasteiger charge is -2.07. The molecule has 0 aliphatic rings. The standard InChI is InChI=1S/C7H11ClN2O/c1-3-6(11)7-5(8)4-9-10(7)2/h4,6,11H,3H2,1-2H3. The Morgan fingerprint density at radius 2 is 2.45 bits per heavy atom. The minimum absolute atomic E-state index is 0.505. The summed E-state index contributed by atoms with van der Waals surface area (Å²) in [6.45, 7) is 1.90. The van der Waals surface area contributed by atoms with Crippen molar-refractivity contribution in [2.45, 2.75) is 19.4 Å². The summed E-state index contributed by atoms with van der Waals surface area (Å²) in [5, 5.41) is 13.9. The third-order valence-electron chi connectivity index (χ3n) is 1.64. The molecule has 11 heavy (non-hydrogen) atoms. The van der Waals surface area contributed by atoms with Crippen LogP contribution in [-0.2, 0) is 7.05 Å². The van der Waals surface area contributed by atoms with Crippen LogP contribution in [0, 0.1) is 0 Å². The van der Waals surface area contributed by atoms with Crippen LogP contribution in [-0.4, -0.2) is 14.9 Å². The summed E-state index contributed by atoms with van der Waals surface area (Å²) in [6, 6.07) is 0. The van der Waals surface area contributed by atoms with Gasteiger partial charge in [-0.3, -0.25) is 4.68 Å². The van der Waals surface area contributed by atoms with E-state index < -0.39 is 6.10 Å². The van der Waals surface area contributed by atoms with E-state index in [1.165, 1.54) is 6.20 Å². The second-order valence-electron chi connectivity index (χ2n) is 2.43. The first-order chi connectivity index (χ1) is 5.16. The molecule has 0 fully saturated rings. The predicted octanol–water partition coefficient (Wildman–Crippen LogP) is 1.52. The molecule has 0 aromatic carbocycles. The highest BCUT2D eigenvalue weighted by molar-refractivity contribution is 6.31. The second-order valence-corrected chi connectivity index (χ2v) is 2.83. The molecule has 0 bridgehead atoms. The first kappa shape index (κ1) is 8.56. The van der Waals surface area contributed by atoms with Gasteiger partial charge in [0.1, 0.15) is 0 Å². The van der Waals surface area contributed by atoms with Gasteiger partial charge >= 0.3 is 0 Å². The molecule has 62 valence electrons. The molecule has 1 atom stereocenters. The van der Waals surface area contributed by atoms with Gasteiger partial charge in [0, 0.05) is 7.05 Å². The van der Waals surface area contributed by atoms with Gasteiger partial charge in [0.05, 0.1) is 23.0 Å². The average Bonchev–Trinajstić information content (AvgIpc) is 2.30. The molecular weight excluding hydrogens is 164 g/mol. The Bertz CT molecular complexity index is 227. The van der Waals surface area contributed by atoms with Gasteiger partial charge in [0.25, 0.3) is 0 Å². The Balaban J connectivity index is 3.00. The van der Waals surface area contributed by atoms with E-state index in [2.05, 4.69) is 5.10 Å². The lowest BCUT2D eigenvalue weighted by Crippen LogP contribution is -2.04. The van der Waals surface area contributed by atoms with Gasteiger partial charge in [0.2, 0.25) is 0 Å². The van der Waals surface area contributed by atoms with E-state index in [-0.39, 0.29) is 0 Å². The second kappa shape index (κ2) is 3.24. The summed E-state index contributed by atoms with van der Waals surface area (Å²) >= 11 is 5.78. The maximum atomic E-state index is 9.43. The molecule has 1 N–H and O–H groups in total. The molecule has 0 amide bonds. The molecular formula is C7H11ClN2O. The molecule has 0 aliphatic carbocycles. The van der Waals surface area contributed by atoms with Crippen LogP contribution in [0.4, 0.5) is 0 Å². The van der Waals surface area contributed by atoms with Crippen LogP contribution in [0.2, 0.25) is 5.02 Å². The molecule has 0 saturated heterocycles. The quantitative estimate of drug-likeness (QED) is 0.738. The van der Waals surface area contributed by atoms with Crippen molar-refractivity contribution in [2.24, 2.45) is 7.05 Å². The van der Waals surface area contributed by atoms with Crippen molar-refractivity contribution in [1.29, 1.82) is 0 Å². The van der Waals surface area contributed by atoms with Gasteiger partial charge in [0.15, 0.2) is 0 Å². The Hall–Kier alpha value is -0.540. The fourth-order valence-corrected chi connectivity index (χ4v) is 1.28. The molecule has 3 nitrogen and oxygen atoms in total. The fraction of sp³-hybridized carbons (Fsp3) is 0.571. The number of aromatic nitrogens is 2. The third-order valence-corrected chi connectivity index (χ3v) is 1.93. The molecule has 1 aromatic heterocycles. The van der Waals surface area contributed by atoms with E-state index >= 15 is 0 Å². The number of aliphatic hydroxyl groups excluding tert-OH is 1. The van der Waals surface area contributed by atoms with Gasteiger partial charge in [-0.15, -0.1) is 0 Å². The minimum Gasteiger partial charge on any atom is -0.387 e. The lowest BCUT2D eigenvalue weighted by atomic mass is 10.2. The van der Waals surface area contributed by atoms with Crippen LogP contribution in [0.1, 0.15) is 25.1 Å². The number of hydrogen-bond donors (Lipinski definition) is 1. The van der Waals surface area contributed by atoms with E-state index in [1.54, 1.807) is 11.7 Å². The van der Waals surface area contributed by atoms with E-state index in [4.69, 9.17) is 11.6 Å². The zero-order valence-electron chi connectivity index (χ0n) is 6.58. The van der Waals surface area contributed by atoms with Crippen molar-refractivity contribution in [3.63, 3.8) is 0 Å².